The van der Waals surface area contributed by atoms with Gasteiger partial charge >= 0.3 is 0 Å². The number of amides is 1. The number of methoxy groups -OCH3 is 1. The predicted molar refractivity (Wildman–Crippen MR) is 111 cm³/mol. The molecule has 3 aromatic rings. The van der Waals surface area contributed by atoms with Crippen molar-refractivity contribution in [3.05, 3.63) is 64.0 Å². The van der Waals surface area contributed by atoms with Gasteiger partial charge in [-0.3, -0.25) is 14.9 Å². The van der Waals surface area contributed by atoms with E-state index >= 15 is 0 Å². The second kappa shape index (κ2) is 8.85. The van der Waals surface area contributed by atoms with Crippen LogP contribution in [0.15, 0.2) is 58.8 Å². The van der Waals surface area contributed by atoms with Crippen LogP contribution in [0.4, 0.5) is 10.8 Å². The lowest BCUT2D eigenvalue weighted by Crippen LogP contribution is -2.22. The van der Waals surface area contributed by atoms with Crippen LogP contribution in [0.3, 0.4) is 0 Å². The second-order valence-corrected chi connectivity index (χ2v) is 8.04. The Hall–Kier alpha value is -2.91. The number of nitrogens with one attached hydrogen (secondary N) is 1. The van der Waals surface area contributed by atoms with Crippen molar-refractivity contribution in [2.75, 3.05) is 12.4 Å². The first kappa shape index (κ1) is 19.8. The first-order valence-corrected chi connectivity index (χ1v) is 10.0. The number of anilines is 1. The fraction of sp³-hybridized carbons (Fsp3) is 0.158. The summed E-state index contributed by atoms with van der Waals surface area (Å²) in [4.78, 5) is 28.2. The van der Waals surface area contributed by atoms with Gasteiger partial charge in [-0.2, -0.15) is 0 Å². The Morgan fingerprint density at radius 2 is 2.04 bits per heavy atom. The molecule has 7 nitrogen and oxygen atoms in total. The van der Waals surface area contributed by atoms with E-state index in [-0.39, 0.29) is 16.8 Å². The first-order valence-electron chi connectivity index (χ1n) is 8.28. The number of rotatable bonds is 7. The Balaban J connectivity index is 1.64. The number of nitro groups is 1. The van der Waals surface area contributed by atoms with Gasteiger partial charge in [0, 0.05) is 28.0 Å². The van der Waals surface area contributed by atoms with Gasteiger partial charge in [0.15, 0.2) is 5.13 Å². The lowest BCUT2D eigenvalue weighted by molar-refractivity contribution is -0.384. The van der Waals surface area contributed by atoms with Gasteiger partial charge in [0.2, 0.25) is 5.91 Å². The number of aromatic nitrogens is 1. The molecular formula is C19H17N3O4S2. The topological polar surface area (TPSA) is 94.4 Å². The number of hydrogen-bond acceptors (Lipinski definition) is 7. The minimum atomic E-state index is -0.448. The molecule has 0 saturated carbocycles. The highest BCUT2D eigenvalue weighted by Crippen LogP contribution is 2.29. The minimum absolute atomic E-state index is 0.000555. The number of carbonyl (C=O) groups excluding carboxylic acids is 1. The van der Waals surface area contributed by atoms with Gasteiger partial charge < -0.3 is 10.1 Å². The van der Waals surface area contributed by atoms with Crippen LogP contribution in [0.1, 0.15) is 6.92 Å². The predicted octanol–water partition coefficient (Wildman–Crippen LogP) is 4.85. The van der Waals surface area contributed by atoms with Crippen LogP contribution < -0.4 is 10.1 Å². The monoisotopic (exact) mass is 415 g/mol. The fourth-order valence-electron chi connectivity index (χ4n) is 2.36. The van der Waals surface area contributed by atoms with Gasteiger partial charge in [-0.25, -0.2) is 4.98 Å². The van der Waals surface area contributed by atoms with Gasteiger partial charge in [-0.05, 0) is 31.2 Å². The summed E-state index contributed by atoms with van der Waals surface area (Å²) in [5.41, 5.74) is 1.21. The number of hydrogen-bond donors (Lipinski definition) is 1. The molecule has 1 aromatic heterocycles. The summed E-state index contributed by atoms with van der Waals surface area (Å²) in [5, 5.41) is 15.6. The molecule has 9 heteroatoms. The van der Waals surface area contributed by atoms with Crippen LogP contribution in [0.5, 0.6) is 5.75 Å². The van der Waals surface area contributed by atoms with E-state index in [0.717, 1.165) is 10.6 Å². The van der Waals surface area contributed by atoms with Crippen molar-refractivity contribution in [2.24, 2.45) is 0 Å². The summed E-state index contributed by atoms with van der Waals surface area (Å²) in [6, 6.07) is 13.7. The molecule has 1 unspecified atom stereocenters. The highest BCUT2D eigenvalue weighted by Gasteiger charge is 2.17. The zero-order chi connectivity index (χ0) is 20.1. The van der Waals surface area contributed by atoms with E-state index in [1.54, 1.807) is 24.6 Å². The lowest BCUT2D eigenvalue weighted by Gasteiger charge is -2.10. The third kappa shape index (κ3) is 4.87. The van der Waals surface area contributed by atoms with Crippen molar-refractivity contribution in [1.29, 1.82) is 0 Å². The molecule has 1 amide bonds. The molecule has 0 spiro atoms. The van der Waals surface area contributed by atoms with E-state index < -0.39 is 4.92 Å². The minimum Gasteiger partial charge on any atom is -0.497 e. The summed E-state index contributed by atoms with van der Waals surface area (Å²) in [7, 11) is 1.61. The van der Waals surface area contributed by atoms with Crippen LogP contribution in [0.25, 0.3) is 11.3 Å². The SMILES string of the molecule is COc1ccc(SC(C)C(=O)Nc2nc(-c3cccc([N+](=O)[O-])c3)cs2)cc1. The number of ether oxygens (including phenoxy) is 1. The molecule has 1 N–H and O–H groups in total. The molecule has 0 aliphatic heterocycles. The highest BCUT2D eigenvalue weighted by atomic mass is 32.2. The molecule has 0 fully saturated rings. The molecule has 28 heavy (non-hydrogen) atoms. The number of thioether (sulfide) groups is 1. The molecule has 0 radical (unpaired) electrons. The molecule has 0 aliphatic rings. The maximum Gasteiger partial charge on any atom is 0.270 e. The van der Waals surface area contributed by atoms with Crippen molar-refractivity contribution in [2.45, 2.75) is 17.1 Å². The Morgan fingerprint density at radius 1 is 1.29 bits per heavy atom. The standard InChI is InChI=1S/C19H17N3O4S2/c1-12(28-16-8-6-15(26-2)7-9-16)18(23)21-19-20-17(11-27-19)13-4-3-5-14(10-13)22(24)25/h3-12H,1-2H3,(H,20,21,23). The lowest BCUT2D eigenvalue weighted by atomic mass is 10.1. The average Bonchev–Trinajstić information content (AvgIpc) is 3.17. The van der Waals surface area contributed by atoms with Gasteiger partial charge in [-0.1, -0.05) is 12.1 Å². The molecule has 2 aromatic carbocycles. The number of benzene rings is 2. The summed E-state index contributed by atoms with van der Waals surface area (Å²) in [5.74, 6) is 0.596. The van der Waals surface area contributed by atoms with Crippen molar-refractivity contribution >= 4 is 39.8 Å². The summed E-state index contributed by atoms with van der Waals surface area (Å²) in [6.07, 6.45) is 0. The molecule has 1 atom stereocenters. The van der Waals surface area contributed by atoms with Gasteiger partial charge in [0.1, 0.15) is 5.75 Å². The van der Waals surface area contributed by atoms with Crippen LogP contribution in [0, 0.1) is 10.1 Å². The van der Waals surface area contributed by atoms with Crippen LogP contribution in [-0.4, -0.2) is 28.2 Å². The molecule has 3 rings (SSSR count). The van der Waals surface area contributed by atoms with Crippen molar-refractivity contribution < 1.29 is 14.5 Å². The normalized spacial score (nSPS) is 11.6. The summed E-state index contributed by atoms with van der Waals surface area (Å²) >= 11 is 2.71. The zero-order valence-corrected chi connectivity index (χ0v) is 16.8. The van der Waals surface area contributed by atoms with E-state index in [0.29, 0.717) is 16.4 Å². The Kier molecular flexibility index (Phi) is 6.27. The molecule has 0 saturated heterocycles. The van der Waals surface area contributed by atoms with E-state index in [2.05, 4.69) is 10.3 Å². The smallest absolute Gasteiger partial charge is 0.270 e. The average molecular weight is 415 g/mol. The summed E-state index contributed by atoms with van der Waals surface area (Å²) < 4.78 is 5.13. The molecule has 1 heterocycles. The number of carbonyl (C=O) groups is 1. The van der Waals surface area contributed by atoms with Crippen molar-refractivity contribution in [1.82, 2.24) is 4.98 Å². The fourth-order valence-corrected chi connectivity index (χ4v) is 3.95. The second-order valence-electron chi connectivity index (χ2n) is 5.77. The van der Waals surface area contributed by atoms with E-state index in [9.17, 15) is 14.9 Å². The highest BCUT2D eigenvalue weighted by molar-refractivity contribution is 8.00. The number of thiazole rings is 1. The number of nitrogens with zero attached hydrogens (tertiary/aromatic N) is 2. The van der Waals surface area contributed by atoms with Gasteiger partial charge in [-0.15, -0.1) is 23.1 Å². The summed E-state index contributed by atoms with van der Waals surface area (Å²) in [6.45, 7) is 1.82. The van der Waals surface area contributed by atoms with Gasteiger partial charge in [0.05, 0.1) is 23.0 Å². The Morgan fingerprint density at radius 3 is 2.71 bits per heavy atom. The maximum absolute atomic E-state index is 12.4. The van der Waals surface area contributed by atoms with Crippen LogP contribution in [0.2, 0.25) is 0 Å². The molecular weight excluding hydrogens is 398 g/mol. The van der Waals surface area contributed by atoms with E-state index in [1.165, 1.54) is 35.2 Å². The quantitative estimate of drug-likeness (QED) is 0.337. The molecule has 0 aliphatic carbocycles. The Labute approximate surface area is 169 Å². The molecule has 0 bridgehead atoms. The van der Waals surface area contributed by atoms with Gasteiger partial charge in [0.25, 0.3) is 5.69 Å². The van der Waals surface area contributed by atoms with Crippen LogP contribution in [-0.2, 0) is 4.79 Å². The van der Waals surface area contributed by atoms with Crippen molar-refractivity contribution in [3.8, 4) is 17.0 Å². The zero-order valence-electron chi connectivity index (χ0n) is 15.1. The molecule has 144 valence electrons. The third-order valence-electron chi connectivity index (χ3n) is 3.83. The number of nitro benzene ring substituents is 1. The number of non-ortho nitro benzene ring substituents is 1. The van der Waals surface area contributed by atoms with Crippen LogP contribution >= 0.6 is 23.1 Å². The third-order valence-corrected chi connectivity index (χ3v) is 5.70. The van der Waals surface area contributed by atoms with Crippen molar-refractivity contribution in [3.63, 3.8) is 0 Å². The largest absolute Gasteiger partial charge is 0.497 e. The first-order chi connectivity index (χ1) is 13.5. The van der Waals surface area contributed by atoms with E-state index in [1.807, 2.05) is 31.2 Å². The Bertz CT molecular complexity index is 989. The van der Waals surface area contributed by atoms with E-state index in [4.69, 9.17) is 4.74 Å². The maximum atomic E-state index is 12.4.